The van der Waals surface area contributed by atoms with Crippen molar-refractivity contribution in [3.05, 3.63) is 71.4 Å². The molecule has 9 heteroatoms. The fourth-order valence-corrected chi connectivity index (χ4v) is 4.07. The van der Waals surface area contributed by atoms with Crippen LogP contribution in [-0.4, -0.2) is 58.6 Å². The van der Waals surface area contributed by atoms with Crippen LogP contribution in [0.5, 0.6) is 0 Å². The van der Waals surface area contributed by atoms with Gasteiger partial charge in [-0.05, 0) is 43.6 Å². The van der Waals surface area contributed by atoms with Crippen LogP contribution in [0.1, 0.15) is 34.5 Å². The van der Waals surface area contributed by atoms with E-state index in [1.807, 2.05) is 54.6 Å². The number of aromatic nitrogens is 2. The second-order valence-electron chi connectivity index (χ2n) is 8.37. The number of hydrogen-bond donors (Lipinski definition) is 3. The minimum Gasteiger partial charge on any atom is -0.481 e. The van der Waals surface area contributed by atoms with Gasteiger partial charge >= 0.3 is 5.97 Å². The Balaban J connectivity index is 1.53. The molecule has 1 aliphatic heterocycles. The average Bonchev–Trinajstić information content (AvgIpc) is 2.89. The number of nitrogens with zero attached hydrogens (tertiary/aromatic N) is 4. The van der Waals surface area contributed by atoms with Crippen LogP contribution < -0.4 is 10.7 Å². The number of aliphatic carboxylic acids is 1. The lowest BCUT2D eigenvalue weighted by molar-refractivity contribution is -0.143. The lowest BCUT2D eigenvalue weighted by atomic mass is 9.97. The molecule has 1 fully saturated rings. The number of carboxylic acids is 1. The first-order valence-electron chi connectivity index (χ1n) is 11.5. The highest BCUT2D eigenvalue weighted by Gasteiger charge is 2.24. The first-order valence-corrected chi connectivity index (χ1v) is 11.5. The van der Waals surface area contributed by atoms with Gasteiger partial charge in [-0.1, -0.05) is 42.5 Å². The number of likely N-dealkylation sites (tertiary alicyclic amines) is 1. The van der Waals surface area contributed by atoms with Crippen molar-refractivity contribution in [2.24, 2.45) is 11.0 Å². The van der Waals surface area contributed by atoms with Crippen LogP contribution >= 0.6 is 0 Å². The van der Waals surface area contributed by atoms with Crippen LogP contribution in [-0.2, 0) is 11.3 Å². The Kier molecular flexibility index (Phi) is 7.79. The zero-order valence-electron chi connectivity index (χ0n) is 19.5. The predicted octanol–water partition coefficient (Wildman–Crippen LogP) is 3.55. The summed E-state index contributed by atoms with van der Waals surface area (Å²) in [6, 6.07) is 17.5. The summed E-state index contributed by atoms with van der Waals surface area (Å²) in [6.07, 6.45) is 3.59. The fraction of sp³-hybridized carbons (Fsp3) is 0.269. The van der Waals surface area contributed by atoms with Crippen LogP contribution in [0.25, 0.3) is 11.4 Å². The zero-order chi connectivity index (χ0) is 24.6. The number of hydrogen-bond acceptors (Lipinski definition) is 8. The number of anilines is 2. The Bertz CT molecular complexity index is 1190. The smallest absolute Gasteiger partial charge is 0.306 e. The molecule has 4 rings (SSSR count). The number of hydrazone groups is 1. The van der Waals surface area contributed by atoms with Crippen molar-refractivity contribution in [3.8, 4) is 11.4 Å². The van der Waals surface area contributed by atoms with E-state index in [0.717, 1.165) is 42.7 Å². The van der Waals surface area contributed by atoms with Crippen LogP contribution in [0.15, 0.2) is 59.7 Å². The summed E-state index contributed by atoms with van der Waals surface area (Å²) in [5.41, 5.74) is 6.16. The number of benzene rings is 2. The van der Waals surface area contributed by atoms with Gasteiger partial charge in [-0.2, -0.15) is 5.10 Å². The van der Waals surface area contributed by atoms with Gasteiger partial charge in [-0.15, -0.1) is 0 Å². The van der Waals surface area contributed by atoms with Gasteiger partial charge < -0.3 is 15.8 Å². The molecule has 1 aromatic heterocycles. The highest BCUT2D eigenvalue weighted by molar-refractivity contribution is 5.96. The number of piperidine rings is 1. The molecule has 0 spiro atoms. The minimum atomic E-state index is -0.699. The van der Waals surface area contributed by atoms with E-state index in [-0.39, 0.29) is 5.92 Å². The molecular formula is C26H28N6O3. The third kappa shape index (κ3) is 6.07. The first-order chi connectivity index (χ1) is 17.1. The lowest BCUT2D eigenvalue weighted by Gasteiger charge is -2.30. The maximum atomic E-state index is 11.9. The molecule has 180 valence electrons. The molecule has 3 N–H and O–H groups in total. The maximum Gasteiger partial charge on any atom is 0.306 e. The standard InChI is InChI=1S/C26H28N6O3/c1-27-28-15-23-22(17-33)25(31-24(30-23)19-5-3-2-4-6-19)29-21-9-7-18(8-10-21)16-32-13-11-20(12-14-32)26(34)35/h2-10,15,17,20,27H,11-14,16H2,1H3,(H,34,35)(H,29,30,31)/b28-15-. The van der Waals surface area contributed by atoms with Gasteiger partial charge in [0.1, 0.15) is 5.82 Å². The van der Waals surface area contributed by atoms with Gasteiger partial charge in [-0.3, -0.25) is 14.5 Å². The molecule has 0 saturated carbocycles. The Labute approximate surface area is 203 Å². The van der Waals surface area contributed by atoms with Crippen molar-refractivity contribution in [1.82, 2.24) is 20.3 Å². The van der Waals surface area contributed by atoms with Gasteiger partial charge in [0.25, 0.3) is 0 Å². The predicted molar refractivity (Wildman–Crippen MR) is 135 cm³/mol. The summed E-state index contributed by atoms with van der Waals surface area (Å²) in [4.78, 5) is 34.5. The van der Waals surface area contributed by atoms with E-state index in [2.05, 4.69) is 30.7 Å². The first kappa shape index (κ1) is 24.0. The van der Waals surface area contributed by atoms with E-state index < -0.39 is 5.97 Å². The molecule has 1 saturated heterocycles. The topological polar surface area (TPSA) is 120 Å². The largest absolute Gasteiger partial charge is 0.481 e. The van der Waals surface area contributed by atoms with E-state index >= 15 is 0 Å². The molecule has 2 aromatic carbocycles. The van der Waals surface area contributed by atoms with Gasteiger partial charge in [0.05, 0.1) is 23.4 Å². The van der Waals surface area contributed by atoms with Crippen LogP contribution in [0.2, 0.25) is 0 Å². The highest BCUT2D eigenvalue weighted by Crippen LogP contribution is 2.25. The summed E-state index contributed by atoms with van der Waals surface area (Å²) < 4.78 is 0. The molecule has 9 nitrogen and oxygen atoms in total. The highest BCUT2D eigenvalue weighted by atomic mass is 16.4. The summed E-state index contributed by atoms with van der Waals surface area (Å²) in [5, 5.41) is 16.5. The zero-order valence-corrected chi connectivity index (χ0v) is 19.5. The molecule has 0 radical (unpaired) electrons. The van der Waals surface area contributed by atoms with Gasteiger partial charge in [0.15, 0.2) is 12.1 Å². The van der Waals surface area contributed by atoms with Gasteiger partial charge in [0, 0.05) is 24.8 Å². The quantitative estimate of drug-likeness (QED) is 0.246. The second kappa shape index (κ2) is 11.3. The number of carbonyl (C=O) groups excluding carboxylic acids is 1. The van der Waals surface area contributed by atoms with Crippen molar-refractivity contribution in [3.63, 3.8) is 0 Å². The number of rotatable bonds is 9. The third-order valence-corrected chi connectivity index (χ3v) is 6.00. The van der Waals surface area contributed by atoms with Crippen molar-refractivity contribution in [1.29, 1.82) is 0 Å². The van der Waals surface area contributed by atoms with E-state index in [4.69, 9.17) is 0 Å². The van der Waals surface area contributed by atoms with Crippen LogP contribution in [0.3, 0.4) is 0 Å². The number of carboxylic acid groups (broad SMARTS) is 1. The van der Waals surface area contributed by atoms with Crippen molar-refractivity contribution < 1.29 is 14.7 Å². The summed E-state index contributed by atoms with van der Waals surface area (Å²) in [6.45, 7) is 2.32. The summed E-state index contributed by atoms with van der Waals surface area (Å²) >= 11 is 0. The molecule has 0 amide bonds. The molecule has 0 aliphatic carbocycles. The van der Waals surface area contributed by atoms with Crippen molar-refractivity contribution in [2.45, 2.75) is 19.4 Å². The maximum absolute atomic E-state index is 11.9. The van der Waals surface area contributed by atoms with E-state index in [9.17, 15) is 14.7 Å². The Morgan fingerprint density at radius 3 is 2.46 bits per heavy atom. The van der Waals surface area contributed by atoms with Gasteiger partial charge in [0.2, 0.25) is 0 Å². The molecular weight excluding hydrogens is 444 g/mol. The van der Waals surface area contributed by atoms with E-state index in [1.165, 1.54) is 6.21 Å². The normalized spacial score (nSPS) is 14.7. The molecule has 0 bridgehead atoms. The second-order valence-corrected chi connectivity index (χ2v) is 8.37. The number of carbonyl (C=O) groups is 2. The van der Waals surface area contributed by atoms with Crippen molar-refractivity contribution in [2.75, 3.05) is 25.5 Å². The minimum absolute atomic E-state index is 0.235. The Morgan fingerprint density at radius 1 is 1.11 bits per heavy atom. The molecule has 1 aliphatic rings. The third-order valence-electron chi connectivity index (χ3n) is 6.00. The molecule has 3 aromatic rings. The summed E-state index contributed by atoms with van der Waals surface area (Å²) in [5.74, 6) is -0.0515. The SMILES string of the molecule is CN/N=C\c1nc(-c2ccccc2)nc(Nc2ccc(CN3CCC(C(=O)O)CC3)cc2)c1C=O. The number of nitrogens with one attached hydrogen (secondary N) is 2. The average molecular weight is 473 g/mol. The Hall–Kier alpha value is -4.11. The van der Waals surface area contributed by atoms with Gasteiger partial charge in [-0.25, -0.2) is 9.97 Å². The van der Waals surface area contributed by atoms with Crippen LogP contribution in [0, 0.1) is 5.92 Å². The molecule has 35 heavy (non-hydrogen) atoms. The van der Waals surface area contributed by atoms with E-state index in [1.54, 1.807) is 7.05 Å². The monoisotopic (exact) mass is 472 g/mol. The van der Waals surface area contributed by atoms with Crippen molar-refractivity contribution >= 4 is 30.0 Å². The number of aldehydes is 1. The fourth-order valence-electron chi connectivity index (χ4n) is 4.07. The Morgan fingerprint density at radius 2 is 1.83 bits per heavy atom. The lowest BCUT2D eigenvalue weighted by Crippen LogP contribution is -2.35. The molecule has 2 heterocycles. The summed E-state index contributed by atoms with van der Waals surface area (Å²) in [7, 11) is 1.67. The molecule has 0 unspecified atom stereocenters. The van der Waals surface area contributed by atoms with Crippen LogP contribution in [0.4, 0.5) is 11.5 Å². The van der Waals surface area contributed by atoms with E-state index in [0.29, 0.717) is 35.7 Å². The molecule has 0 atom stereocenters.